The van der Waals surface area contributed by atoms with Crippen molar-refractivity contribution in [1.29, 1.82) is 0 Å². The van der Waals surface area contributed by atoms with Crippen molar-refractivity contribution in [3.8, 4) is 0 Å². The number of nitrogens with one attached hydrogen (secondary N) is 2. The summed E-state index contributed by atoms with van der Waals surface area (Å²) in [6, 6.07) is 15.5. The average molecular weight is 342 g/mol. The smallest absolute Gasteiger partial charge is 0.234 e. The second-order valence-corrected chi connectivity index (χ2v) is 6.30. The van der Waals surface area contributed by atoms with Crippen molar-refractivity contribution in [3.63, 3.8) is 0 Å². The number of nitrogens with two attached hydrogens (primary N) is 1. The molecular weight excluding hydrogens is 322 g/mol. The van der Waals surface area contributed by atoms with Crippen LogP contribution in [-0.2, 0) is 4.79 Å². The van der Waals surface area contributed by atoms with Crippen LogP contribution >= 0.6 is 11.6 Å². The van der Waals surface area contributed by atoms with Gasteiger partial charge in [-0.3, -0.25) is 4.79 Å². The van der Waals surface area contributed by atoms with Crippen molar-refractivity contribution in [3.05, 3.63) is 70.9 Å². The lowest BCUT2D eigenvalue weighted by atomic mass is 9.90. The van der Waals surface area contributed by atoms with Crippen molar-refractivity contribution in [2.75, 3.05) is 6.54 Å². The summed E-state index contributed by atoms with van der Waals surface area (Å²) < 4.78 is 0. The molecule has 0 aliphatic rings. The minimum atomic E-state index is -0.403. The highest BCUT2D eigenvalue weighted by Crippen LogP contribution is 2.34. The van der Waals surface area contributed by atoms with Crippen molar-refractivity contribution in [2.45, 2.75) is 18.9 Å². The zero-order valence-electron chi connectivity index (χ0n) is 13.4. The van der Waals surface area contributed by atoms with Gasteiger partial charge in [0.1, 0.15) is 0 Å². The molecule has 124 valence electrons. The molecule has 5 heteroatoms. The third kappa shape index (κ3) is 3.30. The van der Waals surface area contributed by atoms with Gasteiger partial charge in [-0.05, 0) is 30.2 Å². The molecule has 4 N–H and O–H groups in total. The number of para-hydroxylation sites is 1. The van der Waals surface area contributed by atoms with Crippen molar-refractivity contribution in [2.24, 2.45) is 5.73 Å². The number of fused-ring (bicyclic) bond motifs is 1. The zero-order valence-corrected chi connectivity index (χ0v) is 14.2. The first-order chi connectivity index (χ1) is 11.6. The normalized spacial score (nSPS) is 13.8. The number of H-pyrrole nitrogens is 1. The van der Waals surface area contributed by atoms with Gasteiger partial charge in [0.15, 0.2) is 0 Å². The Balaban J connectivity index is 2.02. The highest BCUT2D eigenvalue weighted by Gasteiger charge is 2.21. The van der Waals surface area contributed by atoms with E-state index in [4.69, 9.17) is 17.3 Å². The molecule has 0 saturated carbocycles. The van der Waals surface area contributed by atoms with E-state index < -0.39 is 6.04 Å². The molecule has 0 spiro atoms. The van der Waals surface area contributed by atoms with Crippen LogP contribution in [0.1, 0.15) is 24.0 Å². The fraction of sp³-hybridized carbons (Fsp3) is 0.211. The Morgan fingerprint density at radius 1 is 1.17 bits per heavy atom. The van der Waals surface area contributed by atoms with E-state index in [2.05, 4.69) is 16.4 Å². The molecule has 0 fully saturated rings. The van der Waals surface area contributed by atoms with Crippen LogP contribution in [0, 0.1) is 0 Å². The minimum Gasteiger partial charge on any atom is -0.368 e. The number of rotatable bonds is 6. The Morgan fingerprint density at radius 3 is 2.62 bits per heavy atom. The molecule has 2 atom stereocenters. The van der Waals surface area contributed by atoms with Gasteiger partial charge in [-0.25, -0.2) is 0 Å². The summed E-state index contributed by atoms with van der Waals surface area (Å²) in [5, 5.41) is 5.07. The predicted molar refractivity (Wildman–Crippen MR) is 98.3 cm³/mol. The fourth-order valence-corrected chi connectivity index (χ4v) is 3.19. The molecule has 0 aliphatic heterocycles. The van der Waals surface area contributed by atoms with E-state index in [0.717, 1.165) is 22.0 Å². The summed E-state index contributed by atoms with van der Waals surface area (Å²) in [6.07, 6.45) is 2.01. The Bertz CT molecular complexity index is 858. The van der Waals surface area contributed by atoms with Gasteiger partial charge in [0.25, 0.3) is 0 Å². The van der Waals surface area contributed by atoms with Gasteiger partial charge in [0.05, 0.1) is 6.04 Å². The van der Waals surface area contributed by atoms with Crippen LogP contribution in [0.2, 0.25) is 5.02 Å². The predicted octanol–water partition coefficient (Wildman–Crippen LogP) is 3.42. The molecule has 2 aromatic carbocycles. The SMILES string of the molecule is C[C@H](NC[C@H](c1ccccc1Cl)c1c[nH]c2ccccc12)C(N)=O. The van der Waals surface area contributed by atoms with Crippen LogP contribution < -0.4 is 11.1 Å². The molecular formula is C19H20ClN3O. The molecule has 1 aromatic heterocycles. The van der Waals surface area contributed by atoms with Crippen LogP contribution in [0.3, 0.4) is 0 Å². The first kappa shape index (κ1) is 16.6. The van der Waals surface area contributed by atoms with E-state index in [0.29, 0.717) is 11.6 Å². The summed E-state index contributed by atoms with van der Waals surface area (Å²) in [7, 11) is 0. The molecule has 1 heterocycles. The van der Waals surface area contributed by atoms with Crippen molar-refractivity contribution in [1.82, 2.24) is 10.3 Å². The van der Waals surface area contributed by atoms with Crippen LogP contribution in [0.15, 0.2) is 54.7 Å². The van der Waals surface area contributed by atoms with Gasteiger partial charge in [-0.2, -0.15) is 0 Å². The molecule has 0 unspecified atom stereocenters. The van der Waals surface area contributed by atoms with Gasteiger partial charge >= 0.3 is 0 Å². The number of aromatic amines is 1. The lowest BCUT2D eigenvalue weighted by molar-refractivity contribution is -0.119. The van der Waals surface area contributed by atoms with E-state index in [1.54, 1.807) is 6.92 Å². The van der Waals surface area contributed by atoms with Crippen molar-refractivity contribution < 1.29 is 4.79 Å². The van der Waals surface area contributed by atoms with E-state index >= 15 is 0 Å². The summed E-state index contributed by atoms with van der Waals surface area (Å²) in [4.78, 5) is 14.6. The zero-order chi connectivity index (χ0) is 17.1. The molecule has 0 radical (unpaired) electrons. The van der Waals surface area contributed by atoms with Crippen LogP contribution in [0.4, 0.5) is 0 Å². The number of hydrogen-bond donors (Lipinski definition) is 3. The second kappa shape index (κ2) is 7.07. The highest BCUT2D eigenvalue weighted by molar-refractivity contribution is 6.31. The number of benzene rings is 2. The number of carbonyl (C=O) groups is 1. The summed E-state index contributed by atoms with van der Waals surface area (Å²) in [6.45, 7) is 2.33. The number of carbonyl (C=O) groups excluding carboxylic acids is 1. The maximum Gasteiger partial charge on any atom is 0.234 e. The van der Waals surface area contributed by atoms with Crippen LogP contribution in [0.25, 0.3) is 10.9 Å². The molecule has 3 rings (SSSR count). The lowest BCUT2D eigenvalue weighted by Crippen LogP contribution is -2.40. The van der Waals surface area contributed by atoms with Gasteiger partial charge in [-0.1, -0.05) is 48.0 Å². The van der Waals surface area contributed by atoms with E-state index in [1.807, 2.05) is 48.7 Å². The van der Waals surface area contributed by atoms with Gasteiger partial charge < -0.3 is 16.0 Å². The Morgan fingerprint density at radius 2 is 1.88 bits per heavy atom. The molecule has 24 heavy (non-hydrogen) atoms. The third-order valence-electron chi connectivity index (χ3n) is 4.33. The summed E-state index contributed by atoms with van der Waals surface area (Å²) >= 11 is 6.44. The molecule has 3 aromatic rings. The molecule has 0 aliphatic carbocycles. The quantitative estimate of drug-likeness (QED) is 0.643. The number of halogens is 1. The monoisotopic (exact) mass is 341 g/mol. The Labute approximate surface area is 146 Å². The largest absolute Gasteiger partial charge is 0.368 e. The maximum absolute atomic E-state index is 11.3. The van der Waals surface area contributed by atoms with Gasteiger partial charge in [0.2, 0.25) is 5.91 Å². The van der Waals surface area contributed by atoms with Crippen molar-refractivity contribution >= 4 is 28.4 Å². The number of amides is 1. The number of primary amides is 1. The number of aromatic nitrogens is 1. The molecule has 0 bridgehead atoms. The van der Waals surface area contributed by atoms with Crippen LogP contribution in [0.5, 0.6) is 0 Å². The second-order valence-electron chi connectivity index (χ2n) is 5.90. The maximum atomic E-state index is 11.3. The molecule has 1 amide bonds. The Hall–Kier alpha value is -2.30. The van der Waals surface area contributed by atoms with Gasteiger partial charge in [0, 0.05) is 34.6 Å². The van der Waals surface area contributed by atoms with Gasteiger partial charge in [-0.15, -0.1) is 0 Å². The van der Waals surface area contributed by atoms with E-state index in [1.165, 1.54) is 0 Å². The highest BCUT2D eigenvalue weighted by atomic mass is 35.5. The standard InChI is InChI=1S/C19H20ClN3O/c1-12(19(21)24)22-10-15(13-6-2-4-8-17(13)20)16-11-23-18-9-5-3-7-14(16)18/h2-9,11-12,15,22-23H,10H2,1H3,(H2,21,24)/t12-,15+/m0/s1. The molecule has 4 nitrogen and oxygen atoms in total. The first-order valence-corrected chi connectivity index (χ1v) is 8.29. The minimum absolute atomic E-state index is 0.0108. The topological polar surface area (TPSA) is 70.9 Å². The van der Waals surface area contributed by atoms with E-state index in [9.17, 15) is 4.79 Å². The van der Waals surface area contributed by atoms with Crippen LogP contribution in [-0.4, -0.2) is 23.5 Å². The average Bonchev–Trinajstić information content (AvgIpc) is 3.00. The Kier molecular flexibility index (Phi) is 4.88. The summed E-state index contributed by atoms with van der Waals surface area (Å²) in [5.41, 5.74) is 8.61. The lowest BCUT2D eigenvalue weighted by Gasteiger charge is -2.21. The third-order valence-corrected chi connectivity index (χ3v) is 4.68. The fourth-order valence-electron chi connectivity index (χ4n) is 2.92. The summed E-state index contributed by atoms with van der Waals surface area (Å²) in [5.74, 6) is -0.358. The number of hydrogen-bond acceptors (Lipinski definition) is 2. The first-order valence-electron chi connectivity index (χ1n) is 7.91. The molecule has 0 saturated heterocycles. The van der Waals surface area contributed by atoms with E-state index in [-0.39, 0.29) is 11.8 Å².